The molecule has 0 aromatic rings. The highest BCUT2D eigenvalue weighted by Gasteiger charge is 2.29. The van der Waals surface area contributed by atoms with E-state index in [9.17, 15) is 14.4 Å². The van der Waals surface area contributed by atoms with Gasteiger partial charge in [-0.3, -0.25) is 9.59 Å². The van der Waals surface area contributed by atoms with Gasteiger partial charge in [0.25, 0.3) is 0 Å². The zero-order valence-electron chi connectivity index (χ0n) is 13.0. The van der Waals surface area contributed by atoms with Gasteiger partial charge in [0.2, 0.25) is 11.8 Å². The molecule has 1 saturated carbocycles. The minimum Gasteiger partial charge on any atom is -0.480 e. The lowest BCUT2D eigenvalue weighted by molar-refractivity contribution is -0.143. The Bertz CT molecular complexity index is 391. The first-order chi connectivity index (χ1) is 9.86. The molecule has 1 aliphatic carbocycles. The zero-order valence-corrected chi connectivity index (χ0v) is 13.0. The molecule has 0 saturated heterocycles. The summed E-state index contributed by atoms with van der Waals surface area (Å²) in [5.41, 5.74) is 0. The second kappa shape index (κ2) is 8.00. The number of nitrogens with one attached hydrogen (secondary N) is 2. The highest BCUT2D eigenvalue weighted by Crippen LogP contribution is 2.24. The van der Waals surface area contributed by atoms with Crippen molar-refractivity contribution in [2.24, 2.45) is 11.8 Å². The van der Waals surface area contributed by atoms with Crippen molar-refractivity contribution in [3.8, 4) is 0 Å². The van der Waals surface area contributed by atoms with E-state index < -0.39 is 24.0 Å². The Balaban J connectivity index is 2.52. The van der Waals surface area contributed by atoms with E-state index in [0.717, 1.165) is 25.7 Å². The predicted octanol–water partition coefficient (Wildman–Crippen LogP) is 1.30. The molecule has 3 unspecified atom stereocenters. The summed E-state index contributed by atoms with van der Waals surface area (Å²) in [6.45, 7) is 5.23. The van der Waals surface area contributed by atoms with E-state index in [2.05, 4.69) is 10.6 Å². The monoisotopic (exact) mass is 298 g/mol. The van der Waals surface area contributed by atoms with Gasteiger partial charge < -0.3 is 15.7 Å². The number of carbonyl (C=O) groups is 3. The first kappa shape index (κ1) is 17.5. The van der Waals surface area contributed by atoms with Crippen molar-refractivity contribution in [1.29, 1.82) is 0 Å². The van der Waals surface area contributed by atoms with Crippen LogP contribution < -0.4 is 10.6 Å². The highest BCUT2D eigenvalue weighted by atomic mass is 16.4. The third-order valence-corrected chi connectivity index (χ3v) is 4.25. The van der Waals surface area contributed by atoms with E-state index in [-0.39, 0.29) is 17.7 Å². The third kappa shape index (κ3) is 5.02. The molecule has 2 amide bonds. The Labute approximate surface area is 125 Å². The molecule has 1 rings (SSSR count). The number of aliphatic carboxylic acids is 1. The van der Waals surface area contributed by atoms with Gasteiger partial charge in [-0.15, -0.1) is 0 Å². The molecule has 3 N–H and O–H groups in total. The summed E-state index contributed by atoms with van der Waals surface area (Å²) in [7, 11) is 0. The predicted molar refractivity (Wildman–Crippen MR) is 78.6 cm³/mol. The van der Waals surface area contributed by atoms with Crippen LogP contribution in [0.5, 0.6) is 0 Å². The van der Waals surface area contributed by atoms with Crippen molar-refractivity contribution in [1.82, 2.24) is 10.6 Å². The van der Waals surface area contributed by atoms with E-state index in [4.69, 9.17) is 5.11 Å². The van der Waals surface area contributed by atoms with E-state index in [1.54, 1.807) is 13.8 Å². The van der Waals surface area contributed by atoms with Crippen molar-refractivity contribution in [3.63, 3.8) is 0 Å². The molecule has 120 valence electrons. The fraction of sp³-hybridized carbons (Fsp3) is 0.800. The fourth-order valence-corrected chi connectivity index (χ4v) is 2.55. The van der Waals surface area contributed by atoms with Crippen LogP contribution in [0, 0.1) is 11.8 Å². The zero-order chi connectivity index (χ0) is 16.0. The van der Waals surface area contributed by atoms with E-state index in [1.165, 1.54) is 0 Å². The molecular weight excluding hydrogens is 272 g/mol. The molecule has 1 aliphatic rings. The minimum atomic E-state index is -1.05. The van der Waals surface area contributed by atoms with Crippen LogP contribution in [-0.2, 0) is 14.4 Å². The number of rotatable bonds is 7. The van der Waals surface area contributed by atoms with Gasteiger partial charge in [0.15, 0.2) is 0 Å². The maximum Gasteiger partial charge on any atom is 0.326 e. The summed E-state index contributed by atoms with van der Waals surface area (Å²) in [5, 5.41) is 14.3. The van der Waals surface area contributed by atoms with Gasteiger partial charge in [-0.2, -0.15) is 0 Å². The Kier molecular flexibility index (Phi) is 6.65. The van der Waals surface area contributed by atoms with Crippen molar-refractivity contribution >= 4 is 17.8 Å². The van der Waals surface area contributed by atoms with Crippen LogP contribution in [0.3, 0.4) is 0 Å². The maximum atomic E-state index is 12.0. The first-order valence-electron chi connectivity index (χ1n) is 7.70. The molecule has 0 heterocycles. The average Bonchev–Trinajstić information content (AvgIpc) is 2.97. The summed E-state index contributed by atoms with van der Waals surface area (Å²) in [6, 6.07) is -1.64. The van der Waals surface area contributed by atoms with Crippen LogP contribution in [0.2, 0.25) is 0 Å². The molecule has 0 aromatic heterocycles. The third-order valence-electron chi connectivity index (χ3n) is 4.25. The minimum absolute atomic E-state index is 0.00918. The highest BCUT2D eigenvalue weighted by molar-refractivity contribution is 5.90. The average molecular weight is 298 g/mol. The summed E-state index contributed by atoms with van der Waals surface area (Å²) in [6.07, 6.45) is 4.48. The summed E-state index contributed by atoms with van der Waals surface area (Å²) in [5.74, 6) is -1.78. The number of hydrogen-bond donors (Lipinski definition) is 3. The molecule has 0 bridgehead atoms. The number of carboxylic acids is 1. The number of amides is 2. The van der Waals surface area contributed by atoms with Crippen molar-refractivity contribution in [3.05, 3.63) is 0 Å². The second-order valence-electron chi connectivity index (χ2n) is 5.92. The van der Waals surface area contributed by atoms with Gasteiger partial charge in [0.05, 0.1) is 0 Å². The topological polar surface area (TPSA) is 95.5 Å². The van der Waals surface area contributed by atoms with Gasteiger partial charge >= 0.3 is 5.97 Å². The summed E-state index contributed by atoms with van der Waals surface area (Å²) >= 11 is 0. The summed E-state index contributed by atoms with van der Waals surface area (Å²) < 4.78 is 0. The van der Waals surface area contributed by atoms with Crippen LogP contribution in [0.1, 0.15) is 52.9 Å². The van der Waals surface area contributed by atoms with Gasteiger partial charge in [0.1, 0.15) is 12.1 Å². The molecule has 0 aliphatic heterocycles. The van der Waals surface area contributed by atoms with Gasteiger partial charge in [-0.05, 0) is 25.7 Å². The van der Waals surface area contributed by atoms with Crippen molar-refractivity contribution < 1.29 is 19.5 Å². The van der Waals surface area contributed by atoms with Crippen LogP contribution in [-0.4, -0.2) is 35.0 Å². The SMILES string of the molecule is CCC(C)C(NC(=O)C(C)NC(=O)C1CCCC1)C(=O)O. The molecule has 1 fully saturated rings. The van der Waals surface area contributed by atoms with Crippen molar-refractivity contribution in [2.45, 2.75) is 65.0 Å². The Hall–Kier alpha value is -1.59. The quantitative estimate of drug-likeness (QED) is 0.660. The molecule has 21 heavy (non-hydrogen) atoms. The maximum absolute atomic E-state index is 12.0. The standard InChI is InChI=1S/C15H26N2O4/c1-4-9(2)12(15(20)21)17-13(18)10(3)16-14(19)11-7-5-6-8-11/h9-12H,4-8H2,1-3H3,(H,16,19)(H,17,18)(H,20,21). The Morgan fingerprint density at radius 2 is 1.71 bits per heavy atom. The van der Waals surface area contributed by atoms with Crippen molar-refractivity contribution in [2.75, 3.05) is 0 Å². The van der Waals surface area contributed by atoms with Gasteiger partial charge in [-0.1, -0.05) is 33.1 Å². The molecule has 3 atom stereocenters. The normalized spacial score (nSPS) is 19.6. The van der Waals surface area contributed by atoms with Crippen LogP contribution >= 0.6 is 0 Å². The smallest absolute Gasteiger partial charge is 0.326 e. The van der Waals surface area contributed by atoms with E-state index >= 15 is 0 Å². The number of carbonyl (C=O) groups excluding carboxylic acids is 2. The lowest BCUT2D eigenvalue weighted by atomic mass is 9.99. The Morgan fingerprint density at radius 1 is 1.14 bits per heavy atom. The largest absolute Gasteiger partial charge is 0.480 e. The van der Waals surface area contributed by atoms with Gasteiger partial charge in [0, 0.05) is 5.92 Å². The molecule has 6 heteroatoms. The Morgan fingerprint density at radius 3 is 2.19 bits per heavy atom. The number of hydrogen-bond acceptors (Lipinski definition) is 3. The summed E-state index contributed by atoms with van der Waals surface area (Å²) in [4.78, 5) is 35.2. The van der Waals surface area contributed by atoms with Crippen LogP contribution in [0.15, 0.2) is 0 Å². The van der Waals surface area contributed by atoms with Crippen LogP contribution in [0.4, 0.5) is 0 Å². The molecule has 6 nitrogen and oxygen atoms in total. The number of carboxylic acid groups (broad SMARTS) is 1. The van der Waals surface area contributed by atoms with E-state index in [1.807, 2.05) is 6.92 Å². The van der Waals surface area contributed by atoms with E-state index in [0.29, 0.717) is 6.42 Å². The lowest BCUT2D eigenvalue weighted by Gasteiger charge is -2.23. The molecular formula is C15H26N2O4. The lowest BCUT2D eigenvalue weighted by Crippen LogP contribution is -2.53. The van der Waals surface area contributed by atoms with Gasteiger partial charge in [-0.25, -0.2) is 4.79 Å². The molecule has 0 radical (unpaired) electrons. The molecule has 0 aromatic carbocycles. The first-order valence-corrected chi connectivity index (χ1v) is 7.70. The molecule has 0 spiro atoms. The second-order valence-corrected chi connectivity index (χ2v) is 5.92. The fourth-order valence-electron chi connectivity index (χ4n) is 2.55. The van der Waals surface area contributed by atoms with Crippen LogP contribution in [0.25, 0.3) is 0 Å².